The standard InChI is InChI=1S/C13H17NO4/c1-14(2)8-7-10(15)9-5-6-11(17-3)13(18-4)12(9)16/h5-8,16H,1-4H3. The van der Waals surface area contributed by atoms with Crippen LogP contribution in [-0.4, -0.2) is 44.1 Å². The molecule has 0 aliphatic rings. The molecule has 1 N–H and O–H groups in total. The first-order valence-electron chi connectivity index (χ1n) is 5.34. The molecule has 1 rings (SSSR count). The van der Waals surface area contributed by atoms with E-state index >= 15 is 0 Å². The van der Waals surface area contributed by atoms with E-state index in [2.05, 4.69) is 0 Å². The van der Waals surface area contributed by atoms with Gasteiger partial charge in [0.2, 0.25) is 5.75 Å². The summed E-state index contributed by atoms with van der Waals surface area (Å²) < 4.78 is 10.0. The van der Waals surface area contributed by atoms with Crippen LogP contribution in [0.15, 0.2) is 24.4 Å². The molecule has 0 saturated heterocycles. The number of ether oxygens (including phenoxy) is 2. The van der Waals surface area contributed by atoms with Gasteiger partial charge in [-0.3, -0.25) is 4.79 Å². The van der Waals surface area contributed by atoms with E-state index in [4.69, 9.17) is 9.47 Å². The lowest BCUT2D eigenvalue weighted by Crippen LogP contribution is -2.04. The second kappa shape index (κ2) is 5.95. The number of nitrogens with zero attached hydrogens (tertiary/aromatic N) is 1. The Bertz CT molecular complexity index is 466. The molecule has 0 amide bonds. The molecule has 0 aromatic heterocycles. The Morgan fingerprint density at radius 3 is 2.44 bits per heavy atom. The van der Waals surface area contributed by atoms with Crippen molar-refractivity contribution >= 4 is 5.78 Å². The van der Waals surface area contributed by atoms with Crippen LogP contribution in [0.3, 0.4) is 0 Å². The number of phenols is 1. The molecule has 0 heterocycles. The Morgan fingerprint density at radius 1 is 1.28 bits per heavy atom. The fourth-order valence-corrected chi connectivity index (χ4v) is 1.42. The molecule has 0 aliphatic heterocycles. The second-order valence-electron chi connectivity index (χ2n) is 3.84. The number of allylic oxidation sites excluding steroid dienone is 1. The third-order valence-electron chi connectivity index (χ3n) is 2.31. The minimum Gasteiger partial charge on any atom is -0.504 e. The van der Waals surface area contributed by atoms with Crippen molar-refractivity contribution in [2.45, 2.75) is 0 Å². The zero-order valence-corrected chi connectivity index (χ0v) is 10.9. The van der Waals surface area contributed by atoms with Crippen LogP contribution in [0.25, 0.3) is 0 Å². The van der Waals surface area contributed by atoms with Crippen molar-refractivity contribution in [3.05, 3.63) is 30.0 Å². The van der Waals surface area contributed by atoms with Crippen molar-refractivity contribution in [3.8, 4) is 17.2 Å². The molecule has 0 bridgehead atoms. The molecule has 0 radical (unpaired) electrons. The maximum absolute atomic E-state index is 11.9. The second-order valence-corrected chi connectivity index (χ2v) is 3.84. The molecule has 0 fully saturated rings. The molecule has 0 aliphatic carbocycles. The summed E-state index contributed by atoms with van der Waals surface area (Å²) in [7, 11) is 6.47. The highest BCUT2D eigenvalue weighted by atomic mass is 16.5. The summed E-state index contributed by atoms with van der Waals surface area (Å²) in [6.07, 6.45) is 2.99. The largest absolute Gasteiger partial charge is 0.504 e. The third kappa shape index (κ3) is 2.94. The molecule has 1 aromatic rings. The first kappa shape index (κ1) is 13.9. The number of ketones is 1. The average Bonchev–Trinajstić information content (AvgIpc) is 2.35. The van der Waals surface area contributed by atoms with E-state index in [0.29, 0.717) is 5.75 Å². The van der Waals surface area contributed by atoms with Gasteiger partial charge in [-0.1, -0.05) is 0 Å². The van der Waals surface area contributed by atoms with Gasteiger partial charge < -0.3 is 19.5 Å². The number of carbonyl (C=O) groups is 1. The van der Waals surface area contributed by atoms with Crippen molar-refractivity contribution in [1.29, 1.82) is 0 Å². The van der Waals surface area contributed by atoms with Crippen molar-refractivity contribution < 1.29 is 19.4 Å². The molecular formula is C13H17NO4. The van der Waals surface area contributed by atoms with E-state index in [1.54, 1.807) is 31.3 Å². The van der Waals surface area contributed by atoms with Crippen LogP contribution in [0.2, 0.25) is 0 Å². The van der Waals surface area contributed by atoms with Crippen LogP contribution in [0.5, 0.6) is 17.2 Å². The number of aromatic hydroxyl groups is 1. The zero-order chi connectivity index (χ0) is 13.7. The lowest BCUT2D eigenvalue weighted by atomic mass is 10.1. The maximum Gasteiger partial charge on any atom is 0.203 e. The molecule has 0 atom stereocenters. The van der Waals surface area contributed by atoms with Crippen molar-refractivity contribution in [3.63, 3.8) is 0 Å². The van der Waals surface area contributed by atoms with Gasteiger partial charge in [0, 0.05) is 26.4 Å². The number of benzene rings is 1. The summed E-state index contributed by atoms with van der Waals surface area (Å²) in [6, 6.07) is 3.08. The van der Waals surface area contributed by atoms with Crippen LogP contribution in [0.4, 0.5) is 0 Å². The van der Waals surface area contributed by atoms with E-state index in [-0.39, 0.29) is 22.8 Å². The van der Waals surface area contributed by atoms with Crippen LogP contribution in [0.1, 0.15) is 10.4 Å². The van der Waals surface area contributed by atoms with E-state index in [0.717, 1.165) is 0 Å². The van der Waals surface area contributed by atoms with E-state index < -0.39 is 0 Å². The van der Waals surface area contributed by atoms with Crippen LogP contribution < -0.4 is 9.47 Å². The number of hydrogen-bond donors (Lipinski definition) is 1. The van der Waals surface area contributed by atoms with Crippen molar-refractivity contribution in [1.82, 2.24) is 4.90 Å². The first-order valence-corrected chi connectivity index (χ1v) is 5.34. The monoisotopic (exact) mass is 251 g/mol. The molecule has 0 unspecified atom stereocenters. The number of hydrogen-bond acceptors (Lipinski definition) is 5. The predicted octanol–water partition coefficient (Wildman–Crippen LogP) is 1.67. The summed E-state index contributed by atoms with van der Waals surface area (Å²) >= 11 is 0. The number of phenolic OH excluding ortho intramolecular Hbond substituents is 1. The quantitative estimate of drug-likeness (QED) is 0.637. The topological polar surface area (TPSA) is 59.0 Å². The minimum absolute atomic E-state index is 0.154. The molecule has 98 valence electrons. The average molecular weight is 251 g/mol. The molecular weight excluding hydrogens is 234 g/mol. The Labute approximate surface area is 106 Å². The van der Waals surface area contributed by atoms with E-state index in [9.17, 15) is 9.90 Å². The van der Waals surface area contributed by atoms with Crippen molar-refractivity contribution in [2.75, 3.05) is 28.3 Å². The van der Waals surface area contributed by atoms with Gasteiger partial charge in [-0.25, -0.2) is 0 Å². The Hall–Kier alpha value is -2.17. The van der Waals surface area contributed by atoms with Gasteiger partial charge in [0.1, 0.15) is 0 Å². The third-order valence-corrected chi connectivity index (χ3v) is 2.31. The number of carbonyl (C=O) groups excluding carboxylic acids is 1. The zero-order valence-electron chi connectivity index (χ0n) is 10.9. The lowest BCUT2D eigenvalue weighted by molar-refractivity contribution is 0.104. The molecule has 1 aromatic carbocycles. The normalized spacial score (nSPS) is 10.4. The van der Waals surface area contributed by atoms with Crippen molar-refractivity contribution in [2.24, 2.45) is 0 Å². The molecule has 0 spiro atoms. The Kier molecular flexibility index (Phi) is 4.59. The SMILES string of the molecule is COc1ccc(C(=O)C=CN(C)C)c(O)c1OC. The fourth-order valence-electron chi connectivity index (χ4n) is 1.42. The molecule has 0 saturated carbocycles. The summed E-state index contributed by atoms with van der Waals surface area (Å²) in [5.41, 5.74) is 0.172. The fraction of sp³-hybridized carbons (Fsp3) is 0.308. The highest BCUT2D eigenvalue weighted by Gasteiger charge is 2.17. The van der Waals surface area contributed by atoms with Crippen LogP contribution in [0, 0.1) is 0 Å². The number of rotatable bonds is 5. The Balaban J connectivity index is 3.15. The summed E-state index contributed by atoms with van der Waals surface area (Å²) in [6.45, 7) is 0. The molecule has 5 nitrogen and oxygen atoms in total. The summed E-state index contributed by atoms with van der Waals surface area (Å²) in [5.74, 6) is 0.0113. The van der Waals surface area contributed by atoms with Gasteiger partial charge in [-0.2, -0.15) is 0 Å². The summed E-state index contributed by atoms with van der Waals surface area (Å²) in [4.78, 5) is 13.6. The van der Waals surface area contributed by atoms with Gasteiger partial charge in [-0.15, -0.1) is 0 Å². The molecule has 5 heteroatoms. The van der Waals surface area contributed by atoms with Gasteiger partial charge in [0.05, 0.1) is 19.8 Å². The van der Waals surface area contributed by atoms with E-state index in [1.165, 1.54) is 26.4 Å². The van der Waals surface area contributed by atoms with Gasteiger partial charge in [0.15, 0.2) is 17.3 Å². The Morgan fingerprint density at radius 2 is 1.94 bits per heavy atom. The van der Waals surface area contributed by atoms with Crippen LogP contribution in [-0.2, 0) is 0 Å². The van der Waals surface area contributed by atoms with Crippen LogP contribution >= 0.6 is 0 Å². The van der Waals surface area contributed by atoms with Gasteiger partial charge in [-0.05, 0) is 12.1 Å². The molecule has 18 heavy (non-hydrogen) atoms. The van der Waals surface area contributed by atoms with E-state index in [1.807, 2.05) is 0 Å². The first-order chi connectivity index (χ1) is 8.51. The predicted molar refractivity (Wildman–Crippen MR) is 68.4 cm³/mol. The lowest BCUT2D eigenvalue weighted by Gasteiger charge is -2.11. The maximum atomic E-state index is 11.9. The summed E-state index contributed by atoms with van der Waals surface area (Å²) in [5, 5.41) is 9.96. The highest BCUT2D eigenvalue weighted by Crippen LogP contribution is 2.39. The number of methoxy groups -OCH3 is 2. The minimum atomic E-state index is -0.304. The van der Waals surface area contributed by atoms with Gasteiger partial charge >= 0.3 is 0 Å². The smallest absolute Gasteiger partial charge is 0.203 e. The highest BCUT2D eigenvalue weighted by molar-refractivity contribution is 6.07. The van der Waals surface area contributed by atoms with Gasteiger partial charge in [0.25, 0.3) is 0 Å².